The van der Waals surface area contributed by atoms with Crippen molar-refractivity contribution >= 4 is 6.29 Å². The Balaban J connectivity index is 2.99. The van der Waals surface area contributed by atoms with Crippen LogP contribution in [0.2, 0.25) is 0 Å². The van der Waals surface area contributed by atoms with E-state index in [1.54, 1.807) is 13.8 Å². The summed E-state index contributed by atoms with van der Waals surface area (Å²) in [6.45, 7) is 3.29. The van der Waals surface area contributed by atoms with E-state index in [9.17, 15) is 13.6 Å². The van der Waals surface area contributed by atoms with Crippen LogP contribution in [0.5, 0.6) is 0 Å². The third-order valence-electron chi connectivity index (χ3n) is 1.86. The van der Waals surface area contributed by atoms with Crippen molar-refractivity contribution < 1.29 is 13.6 Å². The second kappa shape index (κ2) is 3.77. The summed E-state index contributed by atoms with van der Waals surface area (Å²) in [4.78, 5) is 10.6. The molecule has 0 saturated carbocycles. The van der Waals surface area contributed by atoms with E-state index in [1.807, 2.05) is 0 Å². The third kappa shape index (κ3) is 2.10. The molecule has 0 aliphatic carbocycles. The minimum absolute atomic E-state index is 0.379. The van der Waals surface area contributed by atoms with Crippen molar-refractivity contribution in [2.24, 2.45) is 0 Å². The number of aldehydes is 1. The average molecular weight is 200 g/mol. The van der Waals surface area contributed by atoms with Crippen LogP contribution in [0.25, 0.3) is 0 Å². The molecule has 5 heteroatoms. The van der Waals surface area contributed by atoms with E-state index in [2.05, 4.69) is 10.2 Å². The van der Waals surface area contributed by atoms with E-state index < -0.39 is 11.8 Å². The molecule has 0 N–H and O–H groups in total. The molecule has 0 unspecified atom stereocenters. The fraction of sp³-hybridized carbons (Fsp3) is 0.444. The molecule has 0 fully saturated rings. The zero-order valence-electron chi connectivity index (χ0n) is 7.87. The van der Waals surface area contributed by atoms with Gasteiger partial charge in [-0.05, 0) is 26.0 Å². The maximum Gasteiger partial charge on any atom is 0.282 e. The van der Waals surface area contributed by atoms with E-state index in [4.69, 9.17) is 0 Å². The molecule has 14 heavy (non-hydrogen) atoms. The van der Waals surface area contributed by atoms with E-state index in [0.29, 0.717) is 12.0 Å². The molecular formula is C9H10F2N2O. The zero-order chi connectivity index (χ0) is 10.8. The maximum atomic E-state index is 12.1. The van der Waals surface area contributed by atoms with Gasteiger partial charge in [-0.3, -0.25) is 0 Å². The second-order valence-electron chi connectivity index (χ2n) is 3.48. The lowest BCUT2D eigenvalue weighted by Crippen LogP contribution is -2.21. The highest BCUT2D eigenvalue weighted by Crippen LogP contribution is 2.20. The maximum absolute atomic E-state index is 12.1. The van der Waals surface area contributed by atoms with Crippen molar-refractivity contribution in [3.8, 4) is 0 Å². The van der Waals surface area contributed by atoms with Crippen LogP contribution in [-0.4, -0.2) is 16.5 Å². The van der Waals surface area contributed by atoms with Crippen molar-refractivity contribution in [1.29, 1.82) is 0 Å². The van der Waals surface area contributed by atoms with Gasteiger partial charge in [0.2, 0.25) is 0 Å². The van der Waals surface area contributed by atoms with Gasteiger partial charge in [0.1, 0.15) is 12.0 Å². The molecule has 0 spiro atoms. The van der Waals surface area contributed by atoms with E-state index >= 15 is 0 Å². The first kappa shape index (κ1) is 10.7. The number of hydrogen-bond donors (Lipinski definition) is 0. The highest BCUT2D eigenvalue weighted by atomic mass is 19.3. The molecule has 3 nitrogen and oxygen atoms in total. The van der Waals surface area contributed by atoms with E-state index in [-0.39, 0.29) is 5.69 Å². The summed E-state index contributed by atoms with van der Waals surface area (Å²) in [5.41, 5.74) is -0.777. The number of alkyl halides is 2. The number of nitrogens with zero attached hydrogens (tertiary/aromatic N) is 2. The Labute approximate surface area is 80.2 Å². The Bertz CT molecular complexity index is 322. The summed E-state index contributed by atoms with van der Waals surface area (Å²) in [5.74, 6) is 0. The number of aromatic nitrogens is 2. The number of carbonyl (C=O) groups excluding carboxylic acids is 1. The molecule has 0 aliphatic rings. The Kier molecular flexibility index (Phi) is 2.88. The molecule has 0 bridgehead atoms. The summed E-state index contributed by atoms with van der Waals surface area (Å²) >= 11 is 0. The van der Waals surface area contributed by atoms with Gasteiger partial charge in [0.15, 0.2) is 0 Å². The molecule has 1 rings (SSSR count). The molecule has 76 valence electrons. The van der Waals surface area contributed by atoms with Crippen molar-refractivity contribution in [2.75, 3.05) is 0 Å². The summed E-state index contributed by atoms with van der Waals surface area (Å²) < 4.78 is 24.2. The lowest BCUT2D eigenvalue weighted by atomic mass is 9.91. The van der Waals surface area contributed by atoms with Gasteiger partial charge in [0.05, 0.1) is 11.1 Å². The van der Waals surface area contributed by atoms with Gasteiger partial charge >= 0.3 is 0 Å². The molecule has 0 atom stereocenters. The molecule has 1 aromatic heterocycles. The smallest absolute Gasteiger partial charge is 0.282 e. The standard InChI is InChI=1S/C9H10F2N2O/c1-9(2,5-14)7-4-3-6(8(10)11)12-13-7/h3-5,8H,1-2H3. The summed E-state index contributed by atoms with van der Waals surface area (Å²) in [6.07, 6.45) is -1.92. The van der Waals surface area contributed by atoms with Crippen LogP contribution < -0.4 is 0 Å². The second-order valence-corrected chi connectivity index (χ2v) is 3.48. The molecule has 0 radical (unpaired) electrons. The zero-order valence-corrected chi connectivity index (χ0v) is 7.87. The normalized spacial score (nSPS) is 11.8. The number of carbonyl (C=O) groups is 1. The van der Waals surface area contributed by atoms with Crippen molar-refractivity contribution in [1.82, 2.24) is 10.2 Å². The largest absolute Gasteiger partial charge is 0.302 e. The molecule has 1 aromatic rings. The minimum Gasteiger partial charge on any atom is -0.302 e. The van der Waals surface area contributed by atoms with Gasteiger partial charge in [0.25, 0.3) is 6.43 Å². The number of hydrogen-bond acceptors (Lipinski definition) is 3. The summed E-state index contributed by atoms with van der Waals surface area (Å²) in [7, 11) is 0. The van der Waals surface area contributed by atoms with E-state index in [1.165, 1.54) is 12.1 Å². The Morgan fingerprint density at radius 2 is 2.00 bits per heavy atom. The molecule has 0 amide bonds. The SMILES string of the molecule is CC(C)(C=O)c1ccc(C(F)F)nn1. The molecule has 0 aromatic carbocycles. The molecule has 1 heterocycles. The first-order valence-corrected chi connectivity index (χ1v) is 4.06. The lowest BCUT2D eigenvalue weighted by Gasteiger charge is -2.14. The molecular weight excluding hydrogens is 190 g/mol. The van der Waals surface area contributed by atoms with Crippen LogP contribution in [0, 0.1) is 0 Å². The Morgan fingerprint density at radius 1 is 1.36 bits per heavy atom. The summed E-state index contributed by atoms with van der Waals surface area (Å²) in [6, 6.07) is 2.57. The van der Waals surface area contributed by atoms with E-state index in [0.717, 1.165) is 0 Å². The lowest BCUT2D eigenvalue weighted by molar-refractivity contribution is -0.111. The van der Waals surface area contributed by atoms with Crippen LogP contribution in [-0.2, 0) is 10.2 Å². The first-order chi connectivity index (χ1) is 6.47. The fourth-order valence-corrected chi connectivity index (χ4v) is 0.863. The Morgan fingerprint density at radius 3 is 2.36 bits per heavy atom. The minimum atomic E-state index is -2.63. The van der Waals surface area contributed by atoms with Gasteiger partial charge in [-0.1, -0.05) is 0 Å². The van der Waals surface area contributed by atoms with Crippen molar-refractivity contribution in [3.05, 3.63) is 23.5 Å². The van der Waals surface area contributed by atoms with Crippen LogP contribution in [0.3, 0.4) is 0 Å². The molecule has 0 aliphatic heterocycles. The van der Waals surface area contributed by atoms with Crippen molar-refractivity contribution in [3.63, 3.8) is 0 Å². The summed E-state index contributed by atoms with van der Waals surface area (Å²) in [5, 5.41) is 6.91. The average Bonchev–Trinajstić information content (AvgIpc) is 2.18. The monoisotopic (exact) mass is 200 g/mol. The number of halogens is 2. The highest BCUT2D eigenvalue weighted by Gasteiger charge is 2.22. The van der Waals surface area contributed by atoms with Crippen LogP contribution in [0.4, 0.5) is 8.78 Å². The van der Waals surface area contributed by atoms with Gasteiger partial charge < -0.3 is 4.79 Å². The molecule has 0 saturated heterocycles. The third-order valence-corrected chi connectivity index (χ3v) is 1.86. The predicted octanol–water partition coefficient (Wildman–Crippen LogP) is 1.89. The number of rotatable bonds is 3. The first-order valence-electron chi connectivity index (χ1n) is 4.06. The van der Waals surface area contributed by atoms with Gasteiger partial charge in [-0.2, -0.15) is 5.10 Å². The topological polar surface area (TPSA) is 42.9 Å². The van der Waals surface area contributed by atoms with Gasteiger partial charge in [-0.15, -0.1) is 5.10 Å². The fourth-order valence-electron chi connectivity index (χ4n) is 0.863. The van der Waals surface area contributed by atoms with Crippen LogP contribution in [0.15, 0.2) is 12.1 Å². The quantitative estimate of drug-likeness (QED) is 0.700. The van der Waals surface area contributed by atoms with Crippen LogP contribution in [0.1, 0.15) is 31.7 Å². The van der Waals surface area contributed by atoms with Crippen molar-refractivity contribution in [2.45, 2.75) is 25.7 Å². The van der Waals surface area contributed by atoms with Gasteiger partial charge in [-0.25, -0.2) is 8.78 Å². The Hall–Kier alpha value is -1.39. The predicted molar refractivity (Wildman–Crippen MR) is 46.1 cm³/mol. The highest BCUT2D eigenvalue weighted by molar-refractivity contribution is 5.65. The van der Waals surface area contributed by atoms with Gasteiger partial charge in [0, 0.05) is 0 Å². The van der Waals surface area contributed by atoms with Crippen LogP contribution >= 0.6 is 0 Å².